The molecule has 18 heavy (non-hydrogen) atoms. The first-order valence-corrected chi connectivity index (χ1v) is 15.7. The van der Waals surface area contributed by atoms with Crippen LogP contribution in [0.5, 0.6) is 0 Å². The summed E-state index contributed by atoms with van der Waals surface area (Å²) in [6.07, 6.45) is 1.25. The molecule has 0 aromatic carbocycles. The molecule has 0 N–H and O–H groups in total. The molecule has 0 spiro atoms. The van der Waals surface area contributed by atoms with Gasteiger partial charge in [0.15, 0.2) is 0 Å². The Balaban J connectivity index is 4.64. The Morgan fingerprint density at radius 3 is 1.44 bits per heavy atom. The first-order valence-electron chi connectivity index (χ1n) is 7.12. The monoisotopic (exact) mass is 378 g/mol. The number of hydrogen-bond acceptors (Lipinski definition) is 1. The van der Waals surface area contributed by atoms with Gasteiger partial charge in [-0.3, -0.25) is 0 Å². The summed E-state index contributed by atoms with van der Waals surface area (Å²) in [5.41, 5.74) is 0.105. The van der Waals surface area contributed by atoms with Crippen LogP contribution in [0.15, 0.2) is 0 Å². The summed E-state index contributed by atoms with van der Waals surface area (Å²) >= 11 is -2.30. The summed E-state index contributed by atoms with van der Waals surface area (Å²) in [5.74, 6) is 4.60. The third-order valence-electron chi connectivity index (χ3n) is 3.27. The summed E-state index contributed by atoms with van der Waals surface area (Å²) in [5, 5.41) is 1.42. The van der Waals surface area contributed by atoms with E-state index >= 15 is 0 Å². The van der Waals surface area contributed by atoms with E-state index in [1.54, 1.807) is 0 Å². The second-order valence-electron chi connectivity index (χ2n) is 8.25. The van der Waals surface area contributed by atoms with Crippen molar-refractivity contribution in [2.75, 3.05) is 0 Å². The molecule has 0 rings (SSSR count). The zero-order valence-corrected chi connectivity index (χ0v) is 18.5. The Morgan fingerprint density at radius 1 is 0.778 bits per heavy atom. The molecule has 0 saturated carbocycles. The Morgan fingerprint density at radius 2 is 1.17 bits per heavy atom. The standard InChI is InChI=1S/C15H34Ge2O/c1-13(2,3)17(14(4,5)6)12-11-15(7,8)18-16(9)10/h11-12H2,1-10H3. The maximum atomic E-state index is 6.21. The van der Waals surface area contributed by atoms with Crippen molar-refractivity contribution in [1.29, 1.82) is 0 Å². The van der Waals surface area contributed by atoms with E-state index in [2.05, 4.69) is 66.9 Å². The second-order valence-corrected chi connectivity index (χ2v) is 21.8. The molecule has 0 fully saturated rings. The van der Waals surface area contributed by atoms with Crippen LogP contribution in [-0.2, 0) is 3.76 Å². The molecule has 0 aromatic heterocycles. The summed E-state index contributed by atoms with van der Waals surface area (Å²) < 4.78 is 7.27. The van der Waals surface area contributed by atoms with E-state index < -0.39 is 29.0 Å². The van der Waals surface area contributed by atoms with E-state index in [4.69, 9.17) is 3.76 Å². The van der Waals surface area contributed by atoms with Gasteiger partial charge >= 0.3 is 125 Å². The zero-order valence-electron chi connectivity index (χ0n) is 14.3. The fourth-order valence-electron chi connectivity index (χ4n) is 2.90. The van der Waals surface area contributed by atoms with Crippen molar-refractivity contribution in [1.82, 2.24) is 0 Å². The second kappa shape index (κ2) is 6.67. The third kappa shape index (κ3) is 7.59. The molecule has 0 unspecified atom stereocenters. The number of hydrogen-bond donors (Lipinski definition) is 0. The Hall–Kier alpha value is 1.05. The molecule has 2 radical (unpaired) electrons. The Kier molecular flexibility index (Phi) is 7.05. The van der Waals surface area contributed by atoms with Crippen molar-refractivity contribution in [3.63, 3.8) is 0 Å². The summed E-state index contributed by atoms with van der Waals surface area (Å²) in [6, 6.07) is 0. The van der Waals surface area contributed by atoms with Crippen LogP contribution in [0.1, 0.15) is 61.8 Å². The van der Waals surface area contributed by atoms with Gasteiger partial charge in [-0.2, -0.15) is 0 Å². The topological polar surface area (TPSA) is 9.23 Å². The predicted octanol–water partition coefficient (Wildman–Crippen LogP) is 5.52. The van der Waals surface area contributed by atoms with Gasteiger partial charge in [-0.15, -0.1) is 0 Å². The Labute approximate surface area is 125 Å². The van der Waals surface area contributed by atoms with Crippen LogP contribution < -0.4 is 0 Å². The number of rotatable bonds is 5. The van der Waals surface area contributed by atoms with Gasteiger partial charge in [-0.05, 0) is 0 Å². The molecular formula is C15H34Ge2O. The Bertz CT molecular complexity index is 232. The van der Waals surface area contributed by atoms with E-state index in [-0.39, 0.29) is 5.60 Å². The average Bonchev–Trinajstić information content (AvgIpc) is 1.94. The third-order valence-corrected chi connectivity index (χ3v) is 14.5. The van der Waals surface area contributed by atoms with Gasteiger partial charge in [0.25, 0.3) is 0 Å². The minimum absolute atomic E-state index is 0.105. The molecular weight excluding hydrogens is 341 g/mol. The van der Waals surface area contributed by atoms with E-state index in [0.717, 1.165) is 0 Å². The molecule has 0 aliphatic carbocycles. The first-order chi connectivity index (χ1) is 7.76. The van der Waals surface area contributed by atoms with Crippen LogP contribution in [0.25, 0.3) is 0 Å². The molecule has 1 nitrogen and oxygen atoms in total. The molecule has 108 valence electrons. The van der Waals surface area contributed by atoms with Gasteiger partial charge < -0.3 is 0 Å². The van der Waals surface area contributed by atoms with Gasteiger partial charge in [-0.1, -0.05) is 0 Å². The van der Waals surface area contributed by atoms with Gasteiger partial charge in [-0.25, -0.2) is 0 Å². The zero-order chi connectivity index (χ0) is 14.8. The van der Waals surface area contributed by atoms with Crippen molar-refractivity contribution < 1.29 is 3.76 Å². The predicted molar refractivity (Wildman–Crippen MR) is 87.3 cm³/mol. The fraction of sp³-hybridized carbons (Fsp3) is 1.00. The summed E-state index contributed by atoms with van der Waals surface area (Å²) in [6.45, 7) is 19.2. The van der Waals surface area contributed by atoms with E-state index in [1.165, 1.54) is 11.7 Å². The van der Waals surface area contributed by atoms with Gasteiger partial charge in [0.2, 0.25) is 0 Å². The van der Waals surface area contributed by atoms with Gasteiger partial charge in [0.1, 0.15) is 0 Å². The average molecular weight is 376 g/mol. The van der Waals surface area contributed by atoms with Crippen LogP contribution in [0.2, 0.25) is 25.3 Å². The quantitative estimate of drug-likeness (QED) is 0.575. The van der Waals surface area contributed by atoms with Crippen molar-refractivity contribution in [3.8, 4) is 0 Å². The van der Waals surface area contributed by atoms with Gasteiger partial charge in [0.05, 0.1) is 0 Å². The van der Waals surface area contributed by atoms with Crippen molar-refractivity contribution >= 4 is 29.0 Å². The van der Waals surface area contributed by atoms with Crippen LogP contribution in [0.3, 0.4) is 0 Å². The van der Waals surface area contributed by atoms with E-state index in [0.29, 0.717) is 8.49 Å². The van der Waals surface area contributed by atoms with Gasteiger partial charge in [0, 0.05) is 0 Å². The molecule has 3 heteroatoms. The molecule has 0 atom stereocenters. The van der Waals surface area contributed by atoms with Crippen molar-refractivity contribution in [2.24, 2.45) is 0 Å². The molecule has 0 aliphatic rings. The van der Waals surface area contributed by atoms with Crippen LogP contribution in [-0.4, -0.2) is 34.6 Å². The minimum atomic E-state index is -1.17. The fourth-order valence-corrected chi connectivity index (χ4v) is 15.1. The normalized spacial score (nSPS) is 14.7. The van der Waals surface area contributed by atoms with Crippen LogP contribution >= 0.6 is 0 Å². The molecule has 0 aromatic rings. The van der Waals surface area contributed by atoms with Crippen molar-refractivity contribution in [3.05, 3.63) is 0 Å². The SMILES string of the molecule is [CH3][Ge]([CH3])[O]C(C)(C)C[CH2][Ge]([C](C)(C)C)[C](C)(C)C. The van der Waals surface area contributed by atoms with E-state index in [9.17, 15) is 0 Å². The molecule has 0 amide bonds. The van der Waals surface area contributed by atoms with Crippen LogP contribution in [0, 0.1) is 0 Å². The molecule has 0 saturated heterocycles. The van der Waals surface area contributed by atoms with Crippen molar-refractivity contribution in [2.45, 2.75) is 92.7 Å². The van der Waals surface area contributed by atoms with E-state index in [1.807, 2.05) is 0 Å². The van der Waals surface area contributed by atoms with Crippen LogP contribution in [0.4, 0.5) is 0 Å². The molecule has 0 aliphatic heterocycles. The maximum absolute atomic E-state index is 6.21. The summed E-state index contributed by atoms with van der Waals surface area (Å²) in [4.78, 5) is 0. The molecule has 0 bridgehead atoms. The first kappa shape index (κ1) is 19.0. The summed E-state index contributed by atoms with van der Waals surface area (Å²) in [7, 11) is 0. The molecule has 0 heterocycles.